The average molecular weight is 493 g/mol. The SMILES string of the molecule is CN=C(NCCCOCCOC)NCc1cccc(COC(C)(C)C)c1.I. The van der Waals surface area contributed by atoms with Gasteiger partial charge >= 0.3 is 0 Å². The summed E-state index contributed by atoms with van der Waals surface area (Å²) in [5.74, 6) is 0.790. The Bertz CT molecular complexity index is 533. The Labute approximate surface area is 181 Å². The Morgan fingerprint density at radius 3 is 2.48 bits per heavy atom. The summed E-state index contributed by atoms with van der Waals surface area (Å²) < 4.78 is 16.2. The quantitative estimate of drug-likeness (QED) is 0.214. The van der Waals surface area contributed by atoms with E-state index in [9.17, 15) is 0 Å². The third-order valence-corrected chi connectivity index (χ3v) is 3.54. The summed E-state index contributed by atoms with van der Waals surface area (Å²) in [5.41, 5.74) is 2.24. The molecule has 0 spiro atoms. The van der Waals surface area contributed by atoms with Crippen LogP contribution < -0.4 is 10.6 Å². The minimum absolute atomic E-state index is 0. The van der Waals surface area contributed by atoms with E-state index in [2.05, 4.69) is 60.7 Å². The van der Waals surface area contributed by atoms with Gasteiger partial charge in [-0.1, -0.05) is 24.3 Å². The van der Waals surface area contributed by atoms with Gasteiger partial charge in [0.15, 0.2) is 5.96 Å². The van der Waals surface area contributed by atoms with Gasteiger partial charge in [0.2, 0.25) is 0 Å². The maximum atomic E-state index is 5.84. The molecule has 156 valence electrons. The zero-order valence-electron chi connectivity index (χ0n) is 17.3. The Kier molecular flexibility index (Phi) is 14.6. The van der Waals surface area contributed by atoms with Crippen LogP contribution in [0.25, 0.3) is 0 Å². The molecule has 0 bridgehead atoms. The largest absolute Gasteiger partial charge is 0.382 e. The first-order valence-corrected chi connectivity index (χ1v) is 9.17. The molecule has 0 radical (unpaired) electrons. The highest BCUT2D eigenvalue weighted by atomic mass is 127. The highest BCUT2D eigenvalue weighted by Crippen LogP contribution is 2.13. The Hall–Kier alpha value is -0.900. The average Bonchev–Trinajstić information content (AvgIpc) is 2.61. The van der Waals surface area contributed by atoms with Crippen LogP contribution in [0.5, 0.6) is 0 Å². The van der Waals surface area contributed by atoms with Crippen LogP contribution in [-0.2, 0) is 27.4 Å². The van der Waals surface area contributed by atoms with Gasteiger partial charge in [-0.15, -0.1) is 24.0 Å². The molecule has 0 fully saturated rings. The highest BCUT2D eigenvalue weighted by molar-refractivity contribution is 14.0. The molecule has 1 rings (SSSR count). The standard InChI is InChI=1S/C20H35N3O3.HI/c1-20(2,3)26-16-18-9-6-8-17(14-18)15-23-19(21-4)22-10-7-11-25-13-12-24-5;/h6,8-9,14H,7,10-13,15-16H2,1-5H3,(H2,21,22,23);1H. The third kappa shape index (κ3) is 13.8. The van der Waals surface area contributed by atoms with E-state index >= 15 is 0 Å². The number of aliphatic imine (C=N–C) groups is 1. The maximum absolute atomic E-state index is 5.84. The molecule has 1 aromatic rings. The smallest absolute Gasteiger partial charge is 0.191 e. The van der Waals surface area contributed by atoms with E-state index in [1.54, 1.807) is 14.2 Å². The molecular weight excluding hydrogens is 457 g/mol. The first-order valence-electron chi connectivity index (χ1n) is 9.17. The van der Waals surface area contributed by atoms with E-state index in [1.807, 2.05) is 0 Å². The van der Waals surface area contributed by atoms with Crippen molar-refractivity contribution in [1.82, 2.24) is 10.6 Å². The van der Waals surface area contributed by atoms with Crippen molar-refractivity contribution in [2.24, 2.45) is 4.99 Å². The second-order valence-electron chi connectivity index (χ2n) is 7.03. The van der Waals surface area contributed by atoms with E-state index in [-0.39, 0.29) is 29.6 Å². The number of methoxy groups -OCH3 is 1. The summed E-state index contributed by atoms with van der Waals surface area (Å²) in [7, 11) is 3.45. The van der Waals surface area contributed by atoms with Gasteiger partial charge in [-0.2, -0.15) is 0 Å². The van der Waals surface area contributed by atoms with Gasteiger partial charge in [0.1, 0.15) is 0 Å². The van der Waals surface area contributed by atoms with Crippen molar-refractivity contribution in [2.75, 3.05) is 40.5 Å². The van der Waals surface area contributed by atoms with Crippen molar-refractivity contribution < 1.29 is 14.2 Å². The Balaban J connectivity index is 0.00000676. The first-order chi connectivity index (χ1) is 12.4. The van der Waals surface area contributed by atoms with Crippen LogP contribution in [0.4, 0.5) is 0 Å². The summed E-state index contributed by atoms with van der Waals surface area (Å²) in [4.78, 5) is 4.25. The molecule has 0 amide bonds. The number of benzene rings is 1. The predicted octanol–water partition coefficient (Wildman–Crippen LogP) is 3.34. The lowest BCUT2D eigenvalue weighted by Crippen LogP contribution is -2.37. The number of ether oxygens (including phenoxy) is 3. The fraction of sp³-hybridized carbons (Fsp3) is 0.650. The monoisotopic (exact) mass is 493 g/mol. The molecule has 0 saturated carbocycles. The Morgan fingerprint density at radius 2 is 1.81 bits per heavy atom. The van der Waals surface area contributed by atoms with Crippen LogP contribution in [0.15, 0.2) is 29.3 Å². The molecule has 0 aliphatic heterocycles. The summed E-state index contributed by atoms with van der Waals surface area (Å²) in [6, 6.07) is 8.41. The molecule has 0 unspecified atom stereocenters. The summed E-state index contributed by atoms with van der Waals surface area (Å²) in [5, 5.41) is 6.63. The van der Waals surface area contributed by atoms with Gasteiger partial charge in [-0.25, -0.2) is 0 Å². The fourth-order valence-corrected chi connectivity index (χ4v) is 2.16. The van der Waals surface area contributed by atoms with Crippen LogP contribution in [0.3, 0.4) is 0 Å². The van der Waals surface area contributed by atoms with E-state index in [1.165, 1.54) is 11.1 Å². The second kappa shape index (κ2) is 15.1. The number of nitrogens with zero attached hydrogens (tertiary/aromatic N) is 1. The molecule has 2 N–H and O–H groups in total. The lowest BCUT2D eigenvalue weighted by molar-refractivity contribution is -0.0149. The van der Waals surface area contributed by atoms with E-state index < -0.39 is 0 Å². The van der Waals surface area contributed by atoms with Crippen LogP contribution in [0.2, 0.25) is 0 Å². The molecule has 0 heterocycles. The number of rotatable bonds is 11. The number of nitrogens with one attached hydrogen (secondary N) is 2. The lowest BCUT2D eigenvalue weighted by Gasteiger charge is -2.19. The van der Waals surface area contributed by atoms with Crippen molar-refractivity contribution in [3.8, 4) is 0 Å². The molecular formula is C20H36IN3O3. The van der Waals surface area contributed by atoms with Crippen molar-refractivity contribution in [1.29, 1.82) is 0 Å². The van der Waals surface area contributed by atoms with Gasteiger partial charge in [0, 0.05) is 33.9 Å². The first kappa shape index (κ1) is 26.1. The molecule has 0 aliphatic carbocycles. The fourth-order valence-electron chi connectivity index (χ4n) is 2.16. The zero-order valence-corrected chi connectivity index (χ0v) is 19.7. The van der Waals surface area contributed by atoms with Gasteiger partial charge in [0.25, 0.3) is 0 Å². The normalized spacial score (nSPS) is 11.8. The van der Waals surface area contributed by atoms with Crippen LogP contribution in [0.1, 0.15) is 38.3 Å². The van der Waals surface area contributed by atoms with Crippen molar-refractivity contribution >= 4 is 29.9 Å². The summed E-state index contributed by atoms with van der Waals surface area (Å²) in [6.07, 6.45) is 0.921. The van der Waals surface area contributed by atoms with Crippen molar-refractivity contribution in [2.45, 2.75) is 45.9 Å². The molecule has 1 aromatic carbocycles. The van der Waals surface area contributed by atoms with E-state index in [4.69, 9.17) is 14.2 Å². The summed E-state index contributed by atoms with van der Waals surface area (Å²) in [6.45, 7) is 10.3. The Morgan fingerprint density at radius 1 is 1.07 bits per heavy atom. The van der Waals surface area contributed by atoms with Gasteiger partial charge in [-0.3, -0.25) is 4.99 Å². The second-order valence-corrected chi connectivity index (χ2v) is 7.03. The molecule has 0 aliphatic rings. The molecule has 6 nitrogen and oxygen atoms in total. The number of guanidine groups is 1. The van der Waals surface area contributed by atoms with Crippen LogP contribution in [-0.4, -0.2) is 52.1 Å². The lowest BCUT2D eigenvalue weighted by atomic mass is 10.1. The molecule has 0 atom stereocenters. The third-order valence-electron chi connectivity index (χ3n) is 3.54. The van der Waals surface area contributed by atoms with Gasteiger partial charge in [-0.05, 0) is 38.3 Å². The number of hydrogen-bond donors (Lipinski definition) is 2. The van der Waals surface area contributed by atoms with Crippen LogP contribution in [0, 0.1) is 0 Å². The predicted molar refractivity (Wildman–Crippen MR) is 122 cm³/mol. The van der Waals surface area contributed by atoms with Gasteiger partial charge < -0.3 is 24.8 Å². The van der Waals surface area contributed by atoms with E-state index in [0.29, 0.717) is 33.0 Å². The van der Waals surface area contributed by atoms with Gasteiger partial charge in [0.05, 0.1) is 25.4 Å². The van der Waals surface area contributed by atoms with Crippen molar-refractivity contribution in [3.05, 3.63) is 35.4 Å². The number of halogens is 1. The summed E-state index contributed by atoms with van der Waals surface area (Å²) >= 11 is 0. The zero-order chi connectivity index (χ0) is 19.3. The molecule has 7 heteroatoms. The number of hydrogen-bond acceptors (Lipinski definition) is 4. The molecule has 0 aromatic heterocycles. The molecule has 0 saturated heterocycles. The van der Waals surface area contributed by atoms with Crippen LogP contribution >= 0.6 is 24.0 Å². The minimum atomic E-state index is -0.131. The topological polar surface area (TPSA) is 64.1 Å². The van der Waals surface area contributed by atoms with E-state index in [0.717, 1.165) is 18.9 Å². The highest BCUT2D eigenvalue weighted by Gasteiger charge is 2.10. The minimum Gasteiger partial charge on any atom is -0.382 e. The maximum Gasteiger partial charge on any atom is 0.191 e. The van der Waals surface area contributed by atoms with Crippen molar-refractivity contribution in [3.63, 3.8) is 0 Å². The molecule has 27 heavy (non-hydrogen) atoms.